The maximum absolute atomic E-state index is 13.9. The number of aryl methyl sites for hydroxylation is 1. The number of aliphatic hydroxyl groups is 1. The molecule has 0 bridgehead atoms. The fraction of sp³-hybridized carbons (Fsp3) is 0.258. The highest BCUT2D eigenvalue weighted by Crippen LogP contribution is 2.27. The van der Waals surface area contributed by atoms with Gasteiger partial charge in [-0.3, -0.25) is 4.79 Å². The first-order chi connectivity index (χ1) is 18.8. The van der Waals surface area contributed by atoms with E-state index < -0.39 is 23.8 Å². The third kappa shape index (κ3) is 7.95. The van der Waals surface area contributed by atoms with E-state index in [2.05, 4.69) is 29.7 Å². The minimum Gasteiger partial charge on any atom is -0.497 e. The molecule has 0 saturated heterocycles. The lowest BCUT2D eigenvalue weighted by Crippen LogP contribution is -2.48. The Kier molecular flexibility index (Phi) is 9.81. The van der Waals surface area contributed by atoms with Gasteiger partial charge in [-0.15, -0.1) is 11.3 Å². The molecule has 0 aliphatic carbocycles. The molecule has 204 valence electrons. The van der Waals surface area contributed by atoms with E-state index in [0.717, 1.165) is 34.9 Å². The van der Waals surface area contributed by atoms with Gasteiger partial charge in [0.2, 0.25) is 0 Å². The largest absolute Gasteiger partial charge is 0.497 e. The Morgan fingerprint density at radius 3 is 2.36 bits per heavy atom. The predicted octanol–water partition coefficient (Wildman–Crippen LogP) is 5.76. The molecule has 8 heteroatoms. The first-order valence-corrected chi connectivity index (χ1v) is 13.7. The number of carbonyl (C=O) groups excluding carboxylic acids is 1. The molecular weight excluding hydrogens is 518 g/mol. The Morgan fingerprint density at radius 2 is 1.67 bits per heavy atom. The second-order valence-corrected chi connectivity index (χ2v) is 10.3. The number of thiophene rings is 1. The molecule has 5 nitrogen and oxygen atoms in total. The molecule has 1 aromatic heterocycles. The summed E-state index contributed by atoms with van der Waals surface area (Å²) in [4.78, 5) is 13.7. The Hall–Kier alpha value is -3.59. The lowest BCUT2D eigenvalue weighted by Gasteiger charge is -2.25. The van der Waals surface area contributed by atoms with Crippen molar-refractivity contribution >= 4 is 17.2 Å². The Morgan fingerprint density at radius 1 is 0.949 bits per heavy atom. The fourth-order valence-corrected chi connectivity index (χ4v) is 5.18. The maximum atomic E-state index is 13.9. The lowest BCUT2D eigenvalue weighted by atomic mass is 10.00. The summed E-state index contributed by atoms with van der Waals surface area (Å²) in [6.07, 6.45) is -0.0150. The Balaban J connectivity index is 1.46. The zero-order chi connectivity index (χ0) is 27.8. The molecule has 0 aliphatic heterocycles. The standard InChI is InChI=1S/C31H32F2N2O3S/c1-3-20-5-4-6-21(11-20)17-34-18-29(36)28(14-22-12-25(32)16-26(33)13-22)35-31(37)30-15-24(19-39-30)23-7-9-27(38-2)10-8-23/h4-13,15-16,19,28-29,34,36H,3,14,17-18H2,1-2H3,(H,35,37)/t28-,29+/m0/s1. The minimum absolute atomic E-state index is 0.0608. The van der Waals surface area contributed by atoms with Gasteiger partial charge in [0, 0.05) is 19.2 Å². The SMILES string of the molecule is CCc1cccc(CNC[C@@H](O)[C@H](Cc2cc(F)cc(F)c2)NC(=O)c2cc(-c3ccc(OC)cc3)cs2)c1. The highest BCUT2D eigenvalue weighted by molar-refractivity contribution is 7.12. The highest BCUT2D eigenvalue weighted by atomic mass is 32.1. The number of carbonyl (C=O) groups is 1. The summed E-state index contributed by atoms with van der Waals surface area (Å²) < 4.78 is 32.9. The predicted molar refractivity (Wildman–Crippen MR) is 151 cm³/mol. The monoisotopic (exact) mass is 550 g/mol. The number of hydrogen-bond donors (Lipinski definition) is 3. The van der Waals surface area contributed by atoms with Crippen molar-refractivity contribution < 1.29 is 23.4 Å². The molecule has 0 saturated carbocycles. The number of ether oxygens (including phenoxy) is 1. The van der Waals surface area contributed by atoms with Gasteiger partial charge in [0.05, 0.1) is 24.1 Å². The van der Waals surface area contributed by atoms with Crippen LogP contribution in [0.25, 0.3) is 11.1 Å². The zero-order valence-electron chi connectivity index (χ0n) is 21.9. The van der Waals surface area contributed by atoms with Gasteiger partial charge >= 0.3 is 0 Å². The summed E-state index contributed by atoms with van der Waals surface area (Å²) in [6.45, 7) is 2.81. The van der Waals surface area contributed by atoms with Gasteiger partial charge in [-0.25, -0.2) is 8.78 Å². The average Bonchev–Trinajstić information content (AvgIpc) is 3.43. The molecule has 3 aromatic carbocycles. The second kappa shape index (κ2) is 13.5. The van der Waals surface area contributed by atoms with Crippen LogP contribution in [-0.4, -0.2) is 36.8 Å². The van der Waals surface area contributed by atoms with Gasteiger partial charge in [0.15, 0.2) is 0 Å². The van der Waals surface area contributed by atoms with Crippen molar-refractivity contribution in [1.29, 1.82) is 0 Å². The van der Waals surface area contributed by atoms with Crippen LogP contribution in [0.4, 0.5) is 8.78 Å². The normalized spacial score (nSPS) is 12.6. The van der Waals surface area contributed by atoms with Gasteiger partial charge in [-0.05, 0) is 76.4 Å². The summed E-state index contributed by atoms with van der Waals surface area (Å²) in [5.74, 6) is -1.04. The van der Waals surface area contributed by atoms with Crippen molar-refractivity contribution in [2.24, 2.45) is 0 Å². The molecule has 1 amide bonds. The molecule has 3 N–H and O–H groups in total. The molecule has 2 atom stereocenters. The first kappa shape index (κ1) is 28.4. The number of aliphatic hydroxyl groups excluding tert-OH is 1. The highest BCUT2D eigenvalue weighted by Gasteiger charge is 2.24. The summed E-state index contributed by atoms with van der Waals surface area (Å²) in [5, 5.41) is 19.0. The van der Waals surface area contributed by atoms with Crippen molar-refractivity contribution in [2.75, 3.05) is 13.7 Å². The zero-order valence-corrected chi connectivity index (χ0v) is 22.7. The van der Waals surface area contributed by atoms with Crippen molar-refractivity contribution in [1.82, 2.24) is 10.6 Å². The molecule has 0 unspecified atom stereocenters. The van der Waals surface area contributed by atoms with E-state index in [-0.39, 0.29) is 18.9 Å². The van der Waals surface area contributed by atoms with Crippen molar-refractivity contribution in [3.05, 3.63) is 111 Å². The van der Waals surface area contributed by atoms with E-state index in [1.807, 2.05) is 41.8 Å². The number of methoxy groups -OCH3 is 1. The van der Waals surface area contributed by atoms with Crippen molar-refractivity contribution in [2.45, 2.75) is 38.5 Å². The van der Waals surface area contributed by atoms with Crippen LogP contribution in [0.5, 0.6) is 5.75 Å². The second-order valence-electron chi connectivity index (χ2n) is 9.36. The number of hydrogen-bond acceptors (Lipinski definition) is 5. The molecule has 4 aromatic rings. The van der Waals surface area contributed by atoms with E-state index >= 15 is 0 Å². The van der Waals surface area contributed by atoms with Crippen LogP contribution in [0.3, 0.4) is 0 Å². The van der Waals surface area contributed by atoms with Crippen molar-refractivity contribution in [3.8, 4) is 16.9 Å². The summed E-state index contributed by atoms with van der Waals surface area (Å²) >= 11 is 1.29. The van der Waals surface area contributed by atoms with Crippen LogP contribution < -0.4 is 15.4 Å². The van der Waals surface area contributed by atoms with Gasteiger partial charge in [0.1, 0.15) is 17.4 Å². The summed E-state index contributed by atoms with van der Waals surface area (Å²) in [5.41, 5.74) is 4.47. The average molecular weight is 551 g/mol. The Bertz CT molecular complexity index is 1370. The number of benzene rings is 3. The summed E-state index contributed by atoms with van der Waals surface area (Å²) in [7, 11) is 1.60. The molecule has 39 heavy (non-hydrogen) atoms. The number of amides is 1. The van der Waals surface area contributed by atoms with E-state index in [9.17, 15) is 18.7 Å². The third-order valence-corrected chi connectivity index (χ3v) is 7.42. The van der Waals surface area contributed by atoms with E-state index in [4.69, 9.17) is 4.74 Å². The molecule has 0 radical (unpaired) electrons. The number of nitrogens with one attached hydrogen (secondary N) is 2. The number of halogens is 2. The van der Waals surface area contributed by atoms with E-state index in [0.29, 0.717) is 17.0 Å². The third-order valence-electron chi connectivity index (χ3n) is 6.49. The maximum Gasteiger partial charge on any atom is 0.261 e. The van der Waals surface area contributed by atoms with Gasteiger partial charge in [0.25, 0.3) is 5.91 Å². The van der Waals surface area contributed by atoms with Crippen LogP contribution in [0, 0.1) is 11.6 Å². The van der Waals surface area contributed by atoms with E-state index in [1.54, 1.807) is 13.2 Å². The first-order valence-electron chi connectivity index (χ1n) is 12.8. The fourth-order valence-electron chi connectivity index (χ4n) is 4.36. The number of rotatable bonds is 12. The molecular formula is C31H32F2N2O3S. The van der Waals surface area contributed by atoms with Crippen LogP contribution in [0.2, 0.25) is 0 Å². The summed E-state index contributed by atoms with van der Waals surface area (Å²) in [6, 6.07) is 19.9. The molecule has 0 aliphatic rings. The van der Waals surface area contributed by atoms with Crippen LogP contribution >= 0.6 is 11.3 Å². The Labute approximate surface area is 231 Å². The van der Waals surface area contributed by atoms with Crippen LogP contribution in [-0.2, 0) is 19.4 Å². The smallest absolute Gasteiger partial charge is 0.261 e. The van der Waals surface area contributed by atoms with E-state index in [1.165, 1.54) is 29.0 Å². The van der Waals surface area contributed by atoms with Crippen LogP contribution in [0.1, 0.15) is 33.3 Å². The van der Waals surface area contributed by atoms with Gasteiger partial charge < -0.3 is 20.5 Å². The quantitative estimate of drug-likeness (QED) is 0.210. The minimum atomic E-state index is -1.00. The molecule has 0 spiro atoms. The van der Waals surface area contributed by atoms with Crippen LogP contribution in [0.15, 0.2) is 78.2 Å². The topological polar surface area (TPSA) is 70.6 Å². The van der Waals surface area contributed by atoms with Gasteiger partial charge in [-0.1, -0.05) is 43.3 Å². The molecule has 0 fully saturated rings. The lowest BCUT2D eigenvalue weighted by molar-refractivity contribution is 0.0833. The molecule has 1 heterocycles. The van der Waals surface area contributed by atoms with Gasteiger partial charge in [-0.2, -0.15) is 0 Å². The molecule has 4 rings (SSSR count). The van der Waals surface area contributed by atoms with Crippen molar-refractivity contribution in [3.63, 3.8) is 0 Å².